The normalized spacial score (nSPS) is 12.0. The molecule has 0 radical (unpaired) electrons. The van der Waals surface area contributed by atoms with Crippen LogP contribution >= 0.6 is 34.8 Å². The van der Waals surface area contributed by atoms with Crippen LogP contribution in [-0.2, 0) is 26.2 Å². The highest BCUT2D eigenvalue weighted by molar-refractivity contribution is 7.92. The van der Waals surface area contributed by atoms with Crippen LogP contribution in [0.4, 0.5) is 5.69 Å². The molecule has 2 amide bonds. The van der Waals surface area contributed by atoms with E-state index >= 15 is 0 Å². The van der Waals surface area contributed by atoms with Crippen molar-refractivity contribution in [1.82, 2.24) is 10.2 Å². The number of hydrogen-bond acceptors (Lipinski definition) is 5. The molecule has 1 atom stereocenters. The maximum absolute atomic E-state index is 14.0. The van der Waals surface area contributed by atoms with Gasteiger partial charge in [-0.1, -0.05) is 54.2 Å². The lowest BCUT2D eigenvalue weighted by atomic mass is 10.1. The van der Waals surface area contributed by atoms with Crippen molar-refractivity contribution in [2.45, 2.75) is 51.1 Å². The molecular weight excluding hydrogens is 621 g/mol. The molecule has 3 aromatic carbocycles. The fourth-order valence-electron chi connectivity index (χ4n) is 4.09. The van der Waals surface area contributed by atoms with Gasteiger partial charge in [0.1, 0.15) is 18.3 Å². The summed E-state index contributed by atoms with van der Waals surface area (Å²) in [6.07, 6.45) is 1.66. The van der Waals surface area contributed by atoms with E-state index in [1.54, 1.807) is 49.4 Å². The molecule has 226 valence electrons. The molecule has 1 N–H and O–H groups in total. The number of carbonyl (C=O) groups is 2. The minimum absolute atomic E-state index is 0.0463. The summed E-state index contributed by atoms with van der Waals surface area (Å²) < 4.78 is 34.3. The Morgan fingerprint density at radius 2 is 1.57 bits per heavy atom. The number of anilines is 1. The van der Waals surface area contributed by atoms with Gasteiger partial charge in [-0.25, -0.2) is 8.42 Å². The van der Waals surface area contributed by atoms with Gasteiger partial charge in [0.2, 0.25) is 11.8 Å². The summed E-state index contributed by atoms with van der Waals surface area (Å²) in [4.78, 5) is 28.4. The Balaban J connectivity index is 2.03. The van der Waals surface area contributed by atoms with Crippen LogP contribution in [0, 0.1) is 0 Å². The first-order chi connectivity index (χ1) is 20.0. The fourth-order valence-corrected chi connectivity index (χ4v) is 6.10. The molecule has 0 aromatic heterocycles. The Labute approximate surface area is 262 Å². The second kappa shape index (κ2) is 15.5. The summed E-state index contributed by atoms with van der Waals surface area (Å²) in [5, 5.41) is 3.95. The van der Waals surface area contributed by atoms with Gasteiger partial charge in [0.15, 0.2) is 0 Å². The Morgan fingerprint density at radius 1 is 0.929 bits per heavy atom. The summed E-state index contributed by atoms with van der Waals surface area (Å²) in [5.41, 5.74) is 0.794. The Morgan fingerprint density at radius 3 is 2.17 bits per heavy atom. The number of benzene rings is 3. The first-order valence-corrected chi connectivity index (χ1v) is 16.1. The number of halogens is 3. The van der Waals surface area contributed by atoms with Crippen molar-refractivity contribution in [2.24, 2.45) is 0 Å². The molecule has 0 aliphatic rings. The molecule has 0 spiro atoms. The van der Waals surface area contributed by atoms with E-state index in [-0.39, 0.29) is 23.0 Å². The van der Waals surface area contributed by atoms with Crippen molar-refractivity contribution in [3.63, 3.8) is 0 Å². The van der Waals surface area contributed by atoms with Gasteiger partial charge in [-0.05, 0) is 86.5 Å². The quantitative estimate of drug-likeness (QED) is 0.198. The predicted molar refractivity (Wildman–Crippen MR) is 168 cm³/mol. The molecule has 12 heteroatoms. The number of unbranched alkanes of at least 4 members (excludes halogenated alkanes) is 1. The lowest BCUT2D eigenvalue weighted by Crippen LogP contribution is -2.51. The standard InChI is InChI=1S/C30H34Cl3N3O5S/c1-4-6-17-34-30(38)21(3)35(19-22-7-8-24(32)18-28(22)33)29(37)20-36(25-11-13-26(14-12-25)41-5-2)42(39,40)27-15-9-23(31)10-16-27/h7-16,18,21H,4-6,17,19-20H2,1-3H3,(H,34,38). The minimum atomic E-state index is -4.23. The van der Waals surface area contributed by atoms with Crippen molar-refractivity contribution in [3.05, 3.63) is 87.4 Å². The summed E-state index contributed by atoms with van der Waals surface area (Å²) in [7, 11) is -4.23. The molecule has 0 saturated heterocycles. The average molecular weight is 655 g/mol. The Hall–Kier alpha value is -2.98. The molecular formula is C30H34Cl3N3O5S. The van der Waals surface area contributed by atoms with Crippen LogP contribution in [-0.4, -0.2) is 50.9 Å². The van der Waals surface area contributed by atoms with E-state index in [1.807, 2.05) is 13.8 Å². The second-order valence-corrected chi connectivity index (χ2v) is 12.6. The van der Waals surface area contributed by atoms with E-state index in [9.17, 15) is 18.0 Å². The third-order valence-electron chi connectivity index (χ3n) is 6.47. The summed E-state index contributed by atoms with van der Waals surface area (Å²) in [5.74, 6) is -0.423. The first-order valence-electron chi connectivity index (χ1n) is 13.5. The van der Waals surface area contributed by atoms with Gasteiger partial charge < -0.3 is 15.0 Å². The Kier molecular flexibility index (Phi) is 12.4. The lowest BCUT2D eigenvalue weighted by Gasteiger charge is -2.32. The number of rotatable bonds is 14. The molecule has 0 aliphatic carbocycles. The van der Waals surface area contributed by atoms with E-state index < -0.39 is 28.5 Å². The van der Waals surface area contributed by atoms with Gasteiger partial charge in [-0.3, -0.25) is 13.9 Å². The van der Waals surface area contributed by atoms with Crippen LogP contribution in [0.5, 0.6) is 5.75 Å². The van der Waals surface area contributed by atoms with Gasteiger partial charge in [0.25, 0.3) is 10.0 Å². The van der Waals surface area contributed by atoms with Crippen molar-refractivity contribution >= 4 is 62.3 Å². The predicted octanol–water partition coefficient (Wildman–Crippen LogP) is 6.57. The molecule has 0 heterocycles. The molecule has 0 fully saturated rings. The van der Waals surface area contributed by atoms with E-state index in [4.69, 9.17) is 39.5 Å². The zero-order valence-electron chi connectivity index (χ0n) is 23.6. The molecule has 1 unspecified atom stereocenters. The van der Waals surface area contributed by atoms with E-state index in [2.05, 4.69) is 5.32 Å². The smallest absolute Gasteiger partial charge is 0.264 e. The number of carbonyl (C=O) groups excluding carboxylic acids is 2. The second-order valence-electron chi connectivity index (χ2n) is 9.47. The van der Waals surface area contributed by atoms with Gasteiger partial charge in [-0.2, -0.15) is 0 Å². The highest BCUT2D eigenvalue weighted by atomic mass is 35.5. The molecule has 0 aliphatic heterocycles. The van der Waals surface area contributed by atoms with Crippen molar-refractivity contribution in [2.75, 3.05) is 24.0 Å². The van der Waals surface area contributed by atoms with E-state index in [0.717, 1.165) is 17.1 Å². The van der Waals surface area contributed by atoms with Gasteiger partial charge >= 0.3 is 0 Å². The monoisotopic (exact) mass is 653 g/mol. The number of sulfonamides is 1. The van der Waals surface area contributed by atoms with Crippen LogP contribution in [0.3, 0.4) is 0 Å². The third-order valence-corrected chi connectivity index (χ3v) is 9.10. The van der Waals surface area contributed by atoms with E-state index in [1.165, 1.54) is 29.2 Å². The summed E-state index contributed by atoms with van der Waals surface area (Å²) in [6.45, 7) is 5.69. The molecule has 8 nitrogen and oxygen atoms in total. The fraction of sp³-hybridized carbons (Fsp3) is 0.333. The van der Waals surface area contributed by atoms with Crippen molar-refractivity contribution < 1.29 is 22.7 Å². The molecule has 0 bridgehead atoms. The zero-order chi connectivity index (χ0) is 30.9. The largest absolute Gasteiger partial charge is 0.494 e. The molecule has 0 saturated carbocycles. The van der Waals surface area contributed by atoms with Crippen molar-refractivity contribution in [3.8, 4) is 5.75 Å². The number of ether oxygens (including phenoxy) is 1. The summed E-state index contributed by atoms with van der Waals surface area (Å²) in [6, 6.07) is 16.0. The molecule has 3 rings (SSSR count). The maximum atomic E-state index is 14.0. The third kappa shape index (κ3) is 8.77. The zero-order valence-corrected chi connectivity index (χ0v) is 26.7. The van der Waals surface area contributed by atoms with Crippen LogP contribution < -0.4 is 14.4 Å². The number of hydrogen-bond donors (Lipinski definition) is 1. The average Bonchev–Trinajstić information content (AvgIpc) is 2.96. The first kappa shape index (κ1) is 33.5. The van der Waals surface area contributed by atoms with Crippen molar-refractivity contribution in [1.29, 1.82) is 0 Å². The van der Waals surface area contributed by atoms with Gasteiger partial charge in [0, 0.05) is 28.2 Å². The van der Waals surface area contributed by atoms with Gasteiger partial charge in [0.05, 0.1) is 17.2 Å². The SMILES string of the molecule is CCCCNC(=O)C(C)N(Cc1ccc(Cl)cc1Cl)C(=O)CN(c1ccc(OCC)cc1)S(=O)(=O)c1ccc(Cl)cc1. The van der Waals surface area contributed by atoms with Crippen LogP contribution in [0.15, 0.2) is 71.6 Å². The number of nitrogens with one attached hydrogen (secondary N) is 1. The van der Waals surface area contributed by atoms with E-state index in [0.29, 0.717) is 39.5 Å². The lowest BCUT2D eigenvalue weighted by molar-refractivity contribution is -0.139. The highest BCUT2D eigenvalue weighted by Crippen LogP contribution is 2.28. The van der Waals surface area contributed by atoms with Crippen LogP contribution in [0.1, 0.15) is 39.2 Å². The van der Waals surface area contributed by atoms with Gasteiger partial charge in [-0.15, -0.1) is 0 Å². The van der Waals surface area contributed by atoms with Crippen LogP contribution in [0.2, 0.25) is 15.1 Å². The minimum Gasteiger partial charge on any atom is -0.494 e. The number of nitrogens with zero attached hydrogens (tertiary/aromatic N) is 2. The number of amides is 2. The topological polar surface area (TPSA) is 96.0 Å². The molecule has 3 aromatic rings. The summed E-state index contributed by atoms with van der Waals surface area (Å²) >= 11 is 18.5. The Bertz CT molecular complexity index is 1470. The maximum Gasteiger partial charge on any atom is 0.264 e. The van der Waals surface area contributed by atoms with Crippen LogP contribution in [0.25, 0.3) is 0 Å². The highest BCUT2D eigenvalue weighted by Gasteiger charge is 2.33. The molecule has 42 heavy (non-hydrogen) atoms.